The average Bonchev–Trinajstić information content (AvgIpc) is 3.13. The summed E-state index contributed by atoms with van der Waals surface area (Å²) >= 11 is 0. The molecule has 0 bridgehead atoms. The number of fused-ring (bicyclic) bond motifs is 1. The topological polar surface area (TPSA) is 103 Å². The minimum Gasteiger partial charge on any atom is -0.454 e. The second-order valence-corrected chi connectivity index (χ2v) is 5.95. The Hall–Kier alpha value is -3.06. The van der Waals surface area contributed by atoms with Gasteiger partial charge in [-0.1, -0.05) is 12.1 Å². The van der Waals surface area contributed by atoms with Crippen LogP contribution in [0.5, 0.6) is 11.5 Å². The molecule has 2 aromatic carbocycles. The zero-order chi connectivity index (χ0) is 18.5. The number of anilines is 1. The molecule has 0 radical (unpaired) electrons. The van der Waals surface area contributed by atoms with E-state index in [1.54, 1.807) is 30.3 Å². The highest BCUT2D eigenvalue weighted by Gasteiger charge is 2.17. The van der Waals surface area contributed by atoms with Gasteiger partial charge < -0.3 is 25.8 Å². The third kappa shape index (κ3) is 3.94. The van der Waals surface area contributed by atoms with Gasteiger partial charge in [0.15, 0.2) is 11.5 Å². The van der Waals surface area contributed by atoms with E-state index in [2.05, 4.69) is 10.6 Å². The fourth-order valence-corrected chi connectivity index (χ4v) is 2.60. The summed E-state index contributed by atoms with van der Waals surface area (Å²) in [6, 6.07) is 12.2. The van der Waals surface area contributed by atoms with E-state index in [4.69, 9.17) is 15.2 Å². The first-order valence-corrected chi connectivity index (χ1v) is 8.37. The highest BCUT2D eigenvalue weighted by atomic mass is 16.7. The molecule has 0 spiro atoms. The Morgan fingerprint density at radius 2 is 1.85 bits per heavy atom. The molecular weight excluding hydrogens is 334 g/mol. The molecule has 1 aliphatic heterocycles. The Balaban J connectivity index is 1.63. The lowest BCUT2D eigenvalue weighted by molar-refractivity contribution is -0.122. The summed E-state index contributed by atoms with van der Waals surface area (Å²) in [5.41, 5.74) is 7.38. The highest BCUT2D eigenvalue weighted by Crippen LogP contribution is 2.32. The Labute approximate surface area is 151 Å². The standard InChI is InChI=1S/C19H21N3O4/c1-12(18(23)21-9-8-20)13-2-5-15(6-3-13)22-19(24)14-4-7-16-17(10-14)26-11-25-16/h2-7,10,12H,8-9,11,20H2,1H3,(H,21,23)(H,22,24). The maximum atomic E-state index is 12.4. The van der Waals surface area contributed by atoms with Crippen LogP contribution in [-0.2, 0) is 4.79 Å². The van der Waals surface area contributed by atoms with Crippen LogP contribution < -0.4 is 25.8 Å². The molecule has 7 heteroatoms. The van der Waals surface area contributed by atoms with Gasteiger partial charge in [0.25, 0.3) is 5.91 Å². The molecule has 0 fully saturated rings. The SMILES string of the molecule is CC(C(=O)NCCN)c1ccc(NC(=O)c2ccc3c(c2)OCO3)cc1. The van der Waals surface area contributed by atoms with E-state index in [9.17, 15) is 9.59 Å². The number of benzene rings is 2. The molecule has 1 heterocycles. The van der Waals surface area contributed by atoms with Gasteiger partial charge in [-0.3, -0.25) is 9.59 Å². The fourth-order valence-electron chi connectivity index (χ4n) is 2.60. The van der Waals surface area contributed by atoms with Gasteiger partial charge in [-0.25, -0.2) is 0 Å². The number of hydrogen-bond donors (Lipinski definition) is 3. The molecular formula is C19H21N3O4. The molecule has 0 aliphatic carbocycles. The van der Waals surface area contributed by atoms with Crippen molar-refractivity contribution in [1.82, 2.24) is 5.32 Å². The van der Waals surface area contributed by atoms with Gasteiger partial charge in [-0.05, 0) is 42.8 Å². The van der Waals surface area contributed by atoms with Crippen molar-refractivity contribution < 1.29 is 19.1 Å². The molecule has 3 rings (SSSR count). The molecule has 26 heavy (non-hydrogen) atoms. The predicted molar refractivity (Wildman–Crippen MR) is 97.4 cm³/mol. The van der Waals surface area contributed by atoms with E-state index >= 15 is 0 Å². The van der Waals surface area contributed by atoms with Gasteiger partial charge in [0, 0.05) is 24.3 Å². The number of nitrogens with two attached hydrogens (primary N) is 1. The molecule has 136 valence electrons. The maximum Gasteiger partial charge on any atom is 0.255 e. The third-order valence-electron chi connectivity index (χ3n) is 4.14. The quantitative estimate of drug-likeness (QED) is 0.734. The zero-order valence-corrected chi connectivity index (χ0v) is 14.5. The lowest BCUT2D eigenvalue weighted by atomic mass is 10.00. The number of rotatable bonds is 6. The van der Waals surface area contributed by atoms with Gasteiger partial charge in [-0.15, -0.1) is 0 Å². The Morgan fingerprint density at radius 1 is 1.12 bits per heavy atom. The van der Waals surface area contributed by atoms with Gasteiger partial charge in [-0.2, -0.15) is 0 Å². The molecule has 1 atom stereocenters. The average molecular weight is 355 g/mol. The van der Waals surface area contributed by atoms with Crippen LogP contribution in [-0.4, -0.2) is 31.7 Å². The molecule has 0 saturated carbocycles. The second kappa shape index (κ2) is 7.88. The van der Waals surface area contributed by atoms with E-state index in [1.807, 2.05) is 19.1 Å². The van der Waals surface area contributed by atoms with Crippen LogP contribution in [0.1, 0.15) is 28.8 Å². The Kier molecular flexibility index (Phi) is 5.38. The van der Waals surface area contributed by atoms with Crippen LogP contribution in [0.25, 0.3) is 0 Å². The third-order valence-corrected chi connectivity index (χ3v) is 4.14. The van der Waals surface area contributed by atoms with Gasteiger partial charge in [0.05, 0.1) is 5.92 Å². The summed E-state index contributed by atoms with van der Waals surface area (Å²) in [7, 11) is 0. The first-order valence-electron chi connectivity index (χ1n) is 8.37. The van der Waals surface area contributed by atoms with E-state index in [1.165, 1.54) is 0 Å². The largest absolute Gasteiger partial charge is 0.454 e. The zero-order valence-electron chi connectivity index (χ0n) is 14.5. The van der Waals surface area contributed by atoms with Crippen LogP contribution in [0.3, 0.4) is 0 Å². The van der Waals surface area contributed by atoms with Crippen LogP contribution in [0, 0.1) is 0 Å². The second-order valence-electron chi connectivity index (χ2n) is 5.95. The summed E-state index contributed by atoms with van der Waals surface area (Å²) < 4.78 is 10.5. The maximum absolute atomic E-state index is 12.4. The van der Waals surface area contributed by atoms with Crippen molar-refractivity contribution in [2.45, 2.75) is 12.8 Å². The number of carbonyl (C=O) groups is 2. The molecule has 1 unspecified atom stereocenters. The number of nitrogens with one attached hydrogen (secondary N) is 2. The molecule has 0 saturated heterocycles. The lowest BCUT2D eigenvalue weighted by Crippen LogP contribution is -2.32. The summed E-state index contributed by atoms with van der Waals surface area (Å²) in [6.45, 7) is 2.85. The van der Waals surface area contributed by atoms with Crippen LogP contribution in [0.2, 0.25) is 0 Å². The van der Waals surface area contributed by atoms with Gasteiger partial charge >= 0.3 is 0 Å². The molecule has 2 aromatic rings. The number of amides is 2. The van der Waals surface area contributed by atoms with Crippen LogP contribution >= 0.6 is 0 Å². The number of carbonyl (C=O) groups excluding carboxylic acids is 2. The van der Waals surface area contributed by atoms with Gasteiger partial charge in [0.2, 0.25) is 12.7 Å². The monoisotopic (exact) mass is 355 g/mol. The van der Waals surface area contributed by atoms with Crippen molar-refractivity contribution in [2.24, 2.45) is 5.73 Å². The summed E-state index contributed by atoms with van der Waals surface area (Å²) in [4.78, 5) is 24.4. The smallest absolute Gasteiger partial charge is 0.255 e. The van der Waals surface area contributed by atoms with Crippen molar-refractivity contribution in [3.63, 3.8) is 0 Å². The lowest BCUT2D eigenvalue weighted by Gasteiger charge is -2.13. The molecule has 2 amide bonds. The summed E-state index contributed by atoms with van der Waals surface area (Å²) in [6.07, 6.45) is 0. The normalized spacial score (nSPS) is 13.2. The summed E-state index contributed by atoms with van der Waals surface area (Å²) in [5.74, 6) is 0.579. The molecule has 7 nitrogen and oxygen atoms in total. The van der Waals surface area contributed by atoms with Crippen molar-refractivity contribution in [2.75, 3.05) is 25.2 Å². The van der Waals surface area contributed by atoms with Crippen LogP contribution in [0.4, 0.5) is 5.69 Å². The summed E-state index contributed by atoms with van der Waals surface area (Å²) in [5, 5.41) is 5.59. The van der Waals surface area contributed by atoms with E-state index in [-0.39, 0.29) is 24.5 Å². The fraction of sp³-hybridized carbons (Fsp3) is 0.263. The first kappa shape index (κ1) is 17.8. The predicted octanol–water partition coefficient (Wildman–Crippen LogP) is 1.85. The molecule has 0 aromatic heterocycles. The Morgan fingerprint density at radius 3 is 2.58 bits per heavy atom. The minimum atomic E-state index is -0.292. The van der Waals surface area contributed by atoms with Gasteiger partial charge in [0.1, 0.15) is 0 Å². The van der Waals surface area contributed by atoms with E-state index < -0.39 is 0 Å². The van der Waals surface area contributed by atoms with Crippen molar-refractivity contribution >= 4 is 17.5 Å². The Bertz CT molecular complexity index is 805. The van der Waals surface area contributed by atoms with Crippen molar-refractivity contribution in [1.29, 1.82) is 0 Å². The number of ether oxygens (including phenoxy) is 2. The molecule has 4 N–H and O–H groups in total. The van der Waals surface area contributed by atoms with E-state index in [0.29, 0.717) is 35.8 Å². The van der Waals surface area contributed by atoms with Crippen molar-refractivity contribution in [3.05, 3.63) is 53.6 Å². The minimum absolute atomic E-state index is 0.0763. The van der Waals surface area contributed by atoms with E-state index in [0.717, 1.165) is 5.56 Å². The van der Waals surface area contributed by atoms with Crippen LogP contribution in [0.15, 0.2) is 42.5 Å². The highest BCUT2D eigenvalue weighted by molar-refractivity contribution is 6.04. The van der Waals surface area contributed by atoms with Crippen molar-refractivity contribution in [3.8, 4) is 11.5 Å². The number of hydrogen-bond acceptors (Lipinski definition) is 5. The molecule has 1 aliphatic rings. The first-order chi connectivity index (χ1) is 12.6.